The minimum absolute atomic E-state index is 0.0474. The molecule has 0 radical (unpaired) electrons. The molecule has 0 amide bonds. The van der Waals surface area contributed by atoms with Gasteiger partial charge < -0.3 is 23.7 Å². The number of esters is 3. The molecule has 3 rings (SSSR count). The van der Waals surface area contributed by atoms with E-state index in [9.17, 15) is 18.8 Å². The van der Waals surface area contributed by atoms with Gasteiger partial charge in [-0.15, -0.1) is 0 Å². The SMILES string of the molecule is C=CC(=O)OCOc1ccc(C(=O)Oc2ccc(CCOC(=O)c3ccc(OCC)cc3)cc2F)cc1. The summed E-state index contributed by atoms with van der Waals surface area (Å²) in [5.41, 5.74) is 1.11. The lowest BCUT2D eigenvalue weighted by atomic mass is 10.1. The smallest absolute Gasteiger partial charge is 0.343 e. The van der Waals surface area contributed by atoms with Crippen LogP contribution in [0.5, 0.6) is 17.2 Å². The lowest BCUT2D eigenvalue weighted by Crippen LogP contribution is -2.11. The molecule has 0 aromatic heterocycles. The lowest BCUT2D eigenvalue weighted by Gasteiger charge is -2.09. The van der Waals surface area contributed by atoms with Crippen LogP contribution in [-0.4, -0.2) is 37.9 Å². The maximum Gasteiger partial charge on any atom is 0.343 e. The first-order chi connectivity index (χ1) is 17.9. The Morgan fingerprint density at radius 3 is 2.05 bits per heavy atom. The van der Waals surface area contributed by atoms with Crippen molar-refractivity contribution < 1.29 is 42.5 Å². The first kappa shape index (κ1) is 26.9. The van der Waals surface area contributed by atoms with Gasteiger partial charge in [0.25, 0.3) is 0 Å². The van der Waals surface area contributed by atoms with Crippen molar-refractivity contribution >= 4 is 17.9 Å². The molecule has 0 aliphatic heterocycles. The van der Waals surface area contributed by atoms with Crippen molar-refractivity contribution in [2.24, 2.45) is 0 Å². The Morgan fingerprint density at radius 1 is 0.838 bits per heavy atom. The van der Waals surface area contributed by atoms with Gasteiger partial charge in [-0.2, -0.15) is 0 Å². The molecule has 8 nitrogen and oxygen atoms in total. The number of ether oxygens (including phenoxy) is 5. The average Bonchev–Trinajstić information content (AvgIpc) is 2.91. The fourth-order valence-corrected chi connectivity index (χ4v) is 3.04. The molecular formula is C28H25FO8. The molecule has 0 heterocycles. The second kappa shape index (κ2) is 13.4. The number of rotatable bonds is 12. The van der Waals surface area contributed by atoms with Gasteiger partial charge in [0.2, 0.25) is 6.79 Å². The van der Waals surface area contributed by atoms with Gasteiger partial charge in [0.1, 0.15) is 11.5 Å². The molecule has 0 fully saturated rings. The van der Waals surface area contributed by atoms with Gasteiger partial charge in [-0.05, 0) is 73.2 Å². The van der Waals surface area contributed by atoms with Crippen LogP contribution < -0.4 is 14.2 Å². The van der Waals surface area contributed by atoms with Crippen LogP contribution in [0.3, 0.4) is 0 Å². The first-order valence-corrected chi connectivity index (χ1v) is 11.3. The van der Waals surface area contributed by atoms with Crippen LogP contribution in [0.4, 0.5) is 4.39 Å². The van der Waals surface area contributed by atoms with Crippen LogP contribution in [-0.2, 0) is 20.7 Å². The Morgan fingerprint density at radius 2 is 1.46 bits per heavy atom. The maximum absolute atomic E-state index is 14.5. The van der Waals surface area contributed by atoms with Gasteiger partial charge in [0.05, 0.1) is 24.3 Å². The monoisotopic (exact) mass is 508 g/mol. The molecule has 0 aliphatic rings. The van der Waals surface area contributed by atoms with E-state index in [1.165, 1.54) is 36.4 Å². The topological polar surface area (TPSA) is 97.4 Å². The van der Waals surface area contributed by atoms with Crippen LogP contribution in [0.2, 0.25) is 0 Å². The maximum atomic E-state index is 14.5. The zero-order valence-electron chi connectivity index (χ0n) is 20.1. The van der Waals surface area contributed by atoms with Crippen LogP contribution >= 0.6 is 0 Å². The highest BCUT2D eigenvalue weighted by molar-refractivity contribution is 5.91. The number of hydrogen-bond acceptors (Lipinski definition) is 8. The molecule has 0 atom stereocenters. The molecular weight excluding hydrogens is 483 g/mol. The molecule has 0 saturated heterocycles. The van der Waals surface area contributed by atoms with Crippen LogP contribution in [0.15, 0.2) is 79.4 Å². The van der Waals surface area contributed by atoms with E-state index in [4.69, 9.17) is 23.7 Å². The summed E-state index contributed by atoms with van der Waals surface area (Å²) in [6, 6.07) is 16.5. The second-order valence-electron chi connectivity index (χ2n) is 7.45. The van der Waals surface area contributed by atoms with Crippen LogP contribution in [0.1, 0.15) is 33.2 Å². The molecule has 0 spiro atoms. The van der Waals surface area contributed by atoms with E-state index < -0.39 is 23.7 Å². The third-order valence-corrected chi connectivity index (χ3v) is 4.91. The second-order valence-corrected chi connectivity index (χ2v) is 7.45. The summed E-state index contributed by atoms with van der Waals surface area (Å²) in [6.07, 6.45) is 1.28. The van der Waals surface area contributed by atoms with Crippen molar-refractivity contribution in [2.75, 3.05) is 20.0 Å². The quantitative estimate of drug-likeness (QED) is 0.147. The van der Waals surface area contributed by atoms with Crippen molar-refractivity contribution in [2.45, 2.75) is 13.3 Å². The van der Waals surface area contributed by atoms with Gasteiger partial charge in [0, 0.05) is 12.5 Å². The zero-order valence-corrected chi connectivity index (χ0v) is 20.1. The van der Waals surface area contributed by atoms with Crippen molar-refractivity contribution in [3.05, 3.63) is 102 Å². The average molecular weight is 508 g/mol. The predicted molar refractivity (Wildman–Crippen MR) is 131 cm³/mol. The summed E-state index contributed by atoms with van der Waals surface area (Å²) in [7, 11) is 0. The standard InChI is InChI=1S/C28H25FO8/c1-3-26(30)36-18-35-23-12-8-21(9-13-23)28(32)37-25-14-5-19(17-24(25)29)15-16-34-27(31)20-6-10-22(11-7-20)33-4-2/h3,5-14,17H,1,4,15-16,18H2,2H3. The molecule has 3 aromatic carbocycles. The summed E-state index contributed by atoms with van der Waals surface area (Å²) >= 11 is 0. The molecule has 192 valence electrons. The molecule has 0 bridgehead atoms. The Hall–Kier alpha value is -4.66. The van der Waals surface area contributed by atoms with Crippen molar-refractivity contribution in [1.29, 1.82) is 0 Å². The highest BCUT2D eigenvalue weighted by Crippen LogP contribution is 2.21. The molecule has 37 heavy (non-hydrogen) atoms. The summed E-state index contributed by atoms with van der Waals surface area (Å²) in [6.45, 7) is 5.40. The third kappa shape index (κ3) is 8.21. The largest absolute Gasteiger partial charge is 0.494 e. The first-order valence-electron chi connectivity index (χ1n) is 11.3. The summed E-state index contributed by atoms with van der Waals surface area (Å²) in [5, 5.41) is 0. The Kier molecular flexibility index (Phi) is 9.78. The summed E-state index contributed by atoms with van der Waals surface area (Å²) in [4.78, 5) is 35.5. The summed E-state index contributed by atoms with van der Waals surface area (Å²) in [5.74, 6) is -1.84. The van der Waals surface area contributed by atoms with E-state index in [1.54, 1.807) is 30.3 Å². The lowest BCUT2D eigenvalue weighted by molar-refractivity contribution is -0.144. The number of carbonyl (C=O) groups excluding carboxylic acids is 3. The Labute approximate surface area is 213 Å². The number of benzene rings is 3. The Balaban J connectivity index is 1.48. The fourth-order valence-electron chi connectivity index (χ4n) is 3.04. The van der Waals surface area contributed by atoms with E-state index in [1.807, 2.05) is 6.92 Å². The van der Waals surface area contributed by atoms with E-state index in [0.717, 1.165) is 6.08 Å². The van der Waals surface area contributed by atoms with E-state index in [-0.39, 0.29) is 31.1 Å². The molecule has 0 unspecified atom stereocenters. The van der Waals surface area contributed by atoms with Gasteiger partial charge in [-0.3, -0.25) is 0 Å². The molecule has 9 heteroatoms. The fraction of sp³-hybridized carbons (Fsp3) is 0.179. The van der Waals surface area contributed by atoms with Gasteiger partial charge >= 0.3 is 17.9 Å². The minimum atomic E-state index is -0.763. The van der Waals surface area contributed by atoms with Crippen molar-refractivity contribution in [3.63, 3.8) is 0 Å². The van der Waals surface area contributed by atoms with Crippen LogP contribution in [0, 0.1) is 5.82 Å². The van der Waals surface area contributed by atoms with Crippen LogP contribution in [0.25, 0.3) is 0 Å². The highest BCUT2D eigenvalue weighted by Gasteiger charge is 2.14. The minimum Gasteiger partial charge on any atom is -0.494 e. The third-order valence-electron chi connectivity index (χ3n) is 4.91. The zero-order chi connectivity index (χ0) is 26.6. The number of carbonyl (C=O) groups is 3. The van der Waals surface area contributed by atoms with Gasteiger partial charge in [-0.25, -0.2) is 18.8 Å². The van der Waals surface area contributed by atoms with Gasteiger partial charge in [-0.1, -0.05) is 12.6 Å². The number of hydrogen-bond donors (Lipinski definition) is 0. The normalized spacial score (nSPS) is 10.2. The highest BCUT2D eigenvalue weighted by atomic mass is 19.1. The molecule has 0 saturated carbocycles. The predicted octanol–water partition coefficient (Wildman–Crippen LogP) is 4.91. The van der Waals surface area contributed by atoms with E-state index in [2.05, 4.69) is 6.58 Å². The van der Waals surface area contributed by atoms with E-state index >= 15 is 0 Å². The molecule has 0 aliphatic carbocycles. The molecule has 0 N–H and O–H groups in total. The Bertz CT molecular complexity index is 1240. The number of halogens is 1. The summed E-state index contributed by atoms with van der Waals surface area (Å²) < 4.78 is 40.2. The van der Waals surface area contributed by atoms with Gasteiger partial charge in [0.15, 0.2) is 11.6 Å². The van der Waals surface area contributed by atoms with Crippen molar-refractivity contribution in [1.82, 2.24) is 0 Å². The molecule has 3 aromatic rings. The van der Waals surface area contributed by atoms with Crippen molar-refractivity contribution in [3.8, 4) is 17.2 Å². The van der Waals surface area contributed by atoms with E-state index in [0.29, 0.717) is 29.2 Å².